The minimum Gasteiger partial charge on any atom is -0.455 e. The van der Waals surface area contributed by atoms with Gasteiger partial charge in [-0.1, -0.05) is 31.0 Å². The molecule has 0 saturated heterocycles. The highest BCUT2D eigenvalue weighted by Gasteiger charge is 2.51. The zero-order valence-corrected chi connectivity index (χ0v) is 17.6. The van der Waals surface area contributed by atoms with Crippen LogP contribution in [0.15, 0.2) is 24.3 Å². The summed E-state index contributed by atoms with van der Waals surface area (Å²) >= 11 is 0. The van der Waals surface area contributed by atoms with Gasteiger partial charge in [-0.15, -0.1) is 0 Å². The van der Waals surface area contributed by atoms with Crippen LogP contribution in [0.4, 0.5) is 13.2 Å². The topological polar surface area (TPSA) is 78.9 Å². The van der Waals surface area contributed by atoms with Gasteiger partial charge in [-0.05, 0) is 30.9 Å². The molecule has 1 rings (SSSR count). The Bertz CT molecular complexity index is 679. The molecule has 0 amide bonds. The first-order valence-electron chi connectivity index (χ1n) is 9.18. The monoisotopic (exact) mass is 434 g/mol. The number of carbonyl (C=O) groups is 3. The number of hydrogen-bond acceptors (Lipinski definition) is 6. The molecule has 0 unspecified atom stereocenters. The molecule has 6 nitrogen and oxygen atoms in total. The molecule has 0 N–H and O–H groups in total. The third-order valence-electron chi connectivity index (χ3n) is 3.85. The van der Waals surface area contributed by atoms with Crippen molar-refractivity contribution >= 4 is 26.7 Å². The minimum absolute atomic E-state index is 0.0926. The van der Waals surface area contributed by atoms with E-state index in [2.05, 4.69) is 0 Å². The van der Waals surface area contributed by atoms with Gasteiger partial charge < -0.3 is 13.3 Å². The van der Waals surface area contributed by atoms with Crippen LogP contribution < -0.4 is 0 Å². The van der Waals surface area contributed by atoms with Crippen molar-refractivity contribution in [1.29, 1.82) is 0 Å². The molecule has 1 aromatic rings. The van der Waals surface area contributed by atoms with Crippen molar-refractivity contribution in [1.82, 2.24) is 0 Å². The summed E-state index contributed by atoms with van der Waals surface area (Å²) in [5, 5.41) is 0. The molecule has 1 aromatic carbocycles. The number of alkyl halides is 3. The first-order valence-corrected chi connectivity index (χ1v) is 11.1. The normalized spacial score (nSPS) is 11.7. The largest absolute Gasteiger partial charge is 0.705 e. The molecular formula is C19H25F3O6Si. The van der Waals surface area contributed by atoms with Crippen molar-refractivity contribution in [3.63, 3.8) is 0 Å². The van der Waals surface area contributed by atoms with E-state index in [0.29, 0.717) is 37.7 Å². The molecule has 0 atom stereocenters. The lowest BCUT2D eigenvalue weighted by molar-refractivity contribution is -0.148. The molecular weight excluding hydrogens is 409 g/mol. The number of hydrogen-bond donors (Lipinski definition) is 0. The fourth-order valence-electron chi connectivity index (χ4n) is 2.80. The van der Waals surface area contributed by atoms with E-state index >= 15 is 0 Å². The first-order chi connectivity index (χ1) is 13.4. The molecule has 0 aliphatic rings. The molecule has 162 valence electrons. The molecule has 0 heterocycles. The van der Waals surface area contributed by atoms with E-state index in [9.17, 15) is 27.6 Å². The van der Waals surface area contributed by atoms with Gasteiger partial charge in [0.2, 0.25) is 0 Å². The van der Waals surface area contributed by atoms with Crippen molar-refractivity contribution in [3.05, 3.63) is 35.4 Å². The second-order valence-electron chi connectivity index (χ2n) is 6.58. The van der Waals surface area contributed by atoms with E-state index in [1.807, 2.05) is 0 Å². The van der Waals surface area contributed by atoms with Gasteiger partial charge in [0.25, 0.3) is 17.9 Å². The van der Waals surface area contributed by atoms with Gasteiger partial charge in [0, 0.05) is 20.8 Å². The van der Waals surface area contributed by atoms with Crippen LogP contribution in [-0.2, 0) is 40.3 Å². The lowest BCUT2D eigenvalue weighted by atomic mass is 10.0. The van der Waals surface area contributed by atoms with Gasteiger partial charge in [0.15, 0.2) is 0 Å². The summed E-state index contributed by atoms with van der Waals surface area (Å²) < 4.78 is 53.5. The number of benzene rings is 1. The Kier molecular flexibility index (Phi) is 9.35. The summed E-state index contributed by atoms with van der Waals surface area (Å²) in [5.41, 5.74) is -0.0711. The Balaban J connectivity index is 2.55. The van der Waals surface area contributed by atoms with E-state index in [-0.39, 0.29) is 6.04 Å². The van der Waals surface area contributed by atoms with Crippen LogP contribution in [0.1, 0.15) is 57.6 Å². The van der Waals surface area contributed by atoms with Crippen molar-refractivity contribution in [2.75, 3.05) is 0 Å². The number of aryl methyl sites for hydroxylation is 1. The fraction of sp³-hybridized carbons (Fsp3) is 0.526. The molecule has 0 saturated carbocycles. The lowest BCUT2D eigenvalue weighted by Gasteiger charge is -2.26. The average molecular weight is 434 g/mol. The van der Waals surface area contributed by atoms with E-state index in [1.54, 1.807) is 6.07 Å². The Morgan fingerprint density at radius 1 is 0.862 bits per heavy atom. The first kappa shape index (κ1) is 24.7. The van der Waals surface area contributed by atoms with Gasteiger partial charge in [0.1, 0.15) is 0 Å². The van der Waals surface area contributed by atoms with Crippen molar-refractivity contribution in [3.8, 4) is 0 Å². The maximum atomic E-state index is 12.7. The van der Waals surface area contributed by atoms with Crippen LogP contribution in [0.25, 0.3) is 0 Å². The molecule has 0 fully saturated rings. The van der Waals surface area contributed by atoms with Crippen molar-refractivity contribution in [2.24, 2.45) is 0 Å². The average Bonchev–Trinajstić information content (AvgIpc) is 2.55. The number of rotatable bonds is 10. The smallest absolute Gasteiger partial charge is 0.455 e. The zero-order chi connectivity index (χ0) is 22.1. The maximum absolute atomic E-state index is 12.7. The van der Waals surface area contributed by atoms with Crippen molar-refractivity contribution < 1.29 is 40.8 Å². The summed E-state index contributed by atoms with van der Waals surface area (Å²) in [4.78, 5) is 34.1. The Morgan fingerprint density at radius 2 is 1.38 bits per heavy atom. The molecule has 0 bridgehead atoms. The van der Waals surface area contributed by atoms with Crippen molar-refractivity contribution in [2.45, 2.75) is 65.1 Å². The van der Waals surface area contributed by atoms with Crippen LogP contribution in [-0.4, -0.2) is 26.7 Å². The Labute approximate surface area is 168 Å². The van der Waals surface area contributed by atoms with Gasteiger partial charge in [-0.3, -0.25) is 14.4 Å². The highest BCUT2D eigenvalue weighted by molar-refractivity contribution is 6.65. The number of unbranched alkanes of at least 4 members (excludes halogenated alkanes) is 3. The van der Waals surface area contributed by atoms with Crippen LogP contribution in [0.2, 0.25) is 6.04 Å². The Hall–Kier alpha value is -2.36. The second-order valence-corrected chi connectivity index (χ2v) is 9.05. The van der Waals surface area contributed by atoms with Gasteiger partial charge in [-0.2, -0.15) is 13.2 Å². The molecule has 29 heavy (non-hydrogen) atoms. The lowest BCUT2D eigenvalue weighted by Crippen LogP contribution is -2.49. The molecule has 0 aliphatic heterocycles. The van der Waals surface area contributed by atoms with Crippen LogP contribution in [0.5, 0.6) is 0 Å². The third-order valence-corrected chi connectivity index (χ3v) is 6.61. The van der Waals surface area contributed by atoms with Gasteiger partial charge in [0.05, 0.1) is 11.6 Å². The van der Waals surface area contributed by atoms with Gasteiger partial charge in [-0.25, -0.2) is 0 Å². The number of halogens is 3. The summed E-state index contributed by atoms with van der Waals surface area (Å²) in [7, 11) is -3.81. The van der Waals surface area contributed by atoms with Crippen LogP contribution in [0, 0.1) is 0 Å². The molecule has 0 spiro atoms. The highest BCUT2D eigenvalue weighted by atomic mass is 28.4. The van der Waals surface area contributed by atoms with E-state index < -0.39 is 38.5 Å². The molecule has 0 aromatic heterocycles. The predicted octanol–water partition coefficient (Wildman–Crippen LogP) is 4.44. The van der Waals surface area contributed by atoms with Gasteiger partial charge >= 0.3 is 15.0 Å². The van der Waals surface area contributed by atoms with E-state index in [0.717, 1.165) is 32.9 Å². The molecule has 0 aliphatic carbocycles. The highest BCUT2D eigenvalue weighted by Crippen LogP contribution is 2.30. The molecule has 0 radical (unpaired) electrons. The minimum atomic E-state index is -4.37. The Morgan fingerprint density at radius 3 is 1.86 bits per heavy atom. The maximum Gasteiger partial charge on any atom is 0.705 e. The predicted molar refractivity (Wildman–Crippen MR) is 99.5 cm³/mol. The van der Waals surface area contributed by atoms with Crippen LogP contribution in [0.3, 0.4) is 0 Å². The SMILES string of the molecule is CC(=O)O[Si](CCCCCCc1cccc(C(F)(F)F)c1)(OC(C)=O)OC(C)=O. The number of carbonyl (C=O) groups excluding carboxylic acids is 3. The quantitative estimate of drug-likeness (QED) is 0.400. The van der Waals surface area contributed by atoms with Crippen LogP contribution >= 0.6 is 0 Å². The second kappa shape index (κ2) is 11.0. The fourth-order valence-corrected chi connectivity index (χ4v) is 5.23. The molecule has 10 heteroatoms. The summed E-state index contributed by atoms with van der Waals surface area (Å²) in [6.07, 6.45) is -1.43. The summed E-state index contributed by atoms with van der Waals surface area (Å²) in [5.74, 6) is -2.16. The van der Waals surface area contributed by atoms with E-state index in [4.69, 9.17) is 13.3 Å². The standard InChI is InChI=1S/C19H25F3O6Si/c1-14(23)26-29(27-15(2)24,28-16(3)25)12-7-5-4-6-9-17-10-8-11-18(13-17)19(20,21)22/h8,10-11,13H,4-7,9,12H2,1-3H3. The van der Waals surface area contributed by atoms with E-state index in [1.165, 1.54) is 6.07 Å². The summed E-state index contributed by atoms with van der Waals surface area (Å²) in [6.45, 7) is 3.39. The zero-order valence-electron chi connectivity index (χ0n) is 16.6. The third kappa shape index (κ3) is 9.59. The summed E-state index contributed by atoms with van der Waals surface area (Å²) in [6, 6.07) is 5.30.